The van der Waals surface area contributed by atoms with E-state index in [-0.39, 0.29) is 36.7 Å². The van der Waals surface area contributed by atoms with Crippen molar-refractivity contribution >= 4 is 34.5 Å². The SMILES string of the molecule is Nc1ccccc1NC(=O)CCCCNC(=O)C1=C[C@@H](c2ccsc2)C[C@@H](OCCOCCO)O1. The van der Waals surface area contributed by atoms with Crippen molar-refractivity contribution in [2.45, 2.75) is 37.9 Å². The molecule has 0 fully saturated rings. The molecule has 2 atom stereocenters. The molecule has 0 bridgehead atoms. The third-order valence-corrected chi connectivity index (χ3v) is 6.07. The van der Waals surface area contributed by atoms with E-state index >= 15 is 0 Å². The fraction of sp³-hybridized carbons (Fsp3) is 0.440. The molecule has 35 heavy (non-hydrogen) atoms. The molecule has 0 aliphatic carbocycles. The van der Waals surface area contributed by atoms with Gasteiger partial charge in [0.25, 0.3) is 5.91 Å². The minimum absolute atomic E-state index is 0.00762. The third-order valence-electron chi connectivity index (χ3n) is 5.37. The van der Waals surface area contributed by atoms with Crippen molar-refractivity contribution in [1.82, 2.24) is 5.32 Å². The number of benzene rings is 1. The lowest BCUT2D eigenvalue weighted by Gasteiger charge is -2.29. The van der Waals surface area contributed by atoms with Crippen molar-refractivity contribution in [3.05, 3.63) is 58.5 Å². The van der Waals surface area contributed by atoms with Crippen LogP contribution in [0.4, 0.5) is 11.4 Å². The Morgan fingerprint density at radius 3 is 2.80 bits per heavy atom. The maximum Gasteiger partial charge on any atom is 0.286 e. The molecular formula is C25H33N3O6S. The van der Waals surface area contributed by atoms with E-state index in [9.17, 15) is 9.59 Å². The molecule has 0 saturated carbocycles. The molecule has 1 aliphatic heterocycles. The van der Waals surface area contributed by atoms with Crippen molar-refractivity contribution in [1.29, 1.82) is 0 Å². The molecular weight excluding hydrogens is 470 g/mol. The van der Waals surface area contributed by atoms with Gasteiger partial charge in [0, 0.05) is 25.3 Å². The first-order valence-corrected chi connectivity index (χ1v) is 12.6. The molecule has 0 saturated heterocycles. The van der Waals surface area contributed by atoms with Gasteiger partial charge in [0.1, 0.15) is 0 Å². The summed E-state index contributed by atoms with van der Waals surface area (Å²) in [5.74, 6) is -0.190. The summed E-state index contributed by atoms with van der Waals surface area (Å²) < 4.78 is 16.8. The summed E-state index contributed by atoms with van der Waals surface area (Å²) in [7, 11) is 0. The first kappa shape index (κ1) is 26.7. The van der Waals surface area contributed by atoms with Gasteiger partial charge < -0.3 is 35.7 Å². The minimum Gasteiger partial charge on any atom is -0.459 e. The highest BCUT2D eigenvalue weighted by Crippen LogP contribution is 2.32. The highest BCUT2D eigenvalue weighted by atomic mass is 32.1. The van der Waals surface area contributed by atoms with E-state index in [1.807, 2.05) is 29.7 Å². The molecule has 1 aromatic carbocycles. The van der Waals surface area contributed by atoms with Gasteiger partial charge in [-0.25, -0.2) is 0 Å². The first-order chi connectivity index (χ1) is 17.1. The number of hydrogen-bond donors (Lipinski definition) is 4. The summed E-state index contributed by atoms with van der Waals surface area (Å²) in [6, 6.07) is 9.14. The average molecular weight is 504 g/mol. The van der Waals surface area contributed by atoms with Gasteiger partial charge in [-0.3, -0.25) is 9.59 Å². The molecule has 0 radical (unpaired) electrons. The minimum atomic E-state index is -0.572. The fourth-order valence-electron chi connectivity index (χ4n) is 3.56. The normalized spacial score (nSPS) is 17.3. The summed E-state index contributed by atoms with van der Waals surface area (Å²) >= 11 is 1.60. The van der Waals surface area contributed by atoms with Gasteiger partial charge in [0.05, 0.1) is 37.8 Å². The summed E-state index contributed by atoms with van der Waals surface area (Å²) in [4.78, 5) is 24.9. The molecule has 5 N–H and O–H groups in total. The molecule has 190 valence electrons. The molecule has 2 amide bonds. The molecule has 2 heterocycles. The van der Waals surface area contributed by atoms with E-state index in [4.69, 9.17) is 25.1 Å². The van der Waals surface area contributed by atoms with Crippen LogP contribution in [0.1, 0.15) is 37.2 Å². The van der Waals surface area contributed by atoms with E-state index in [1.165, 1.54) is 0 Å². The number of para-hydroxylation sites is 2. The van der Waals surface area contributed by atoms with Crippen molar-refractivity contribution < 1.29 is 28.9 Å². The second kappa shape index (κ2) is 14.5. The van der Waals surface area contributed by atoms with Crippen LogP contribution in [0.15, 0.2) is 52.9 Å². The second-order valence-corrected chi connectivity index (χ2v) is 8.81. The Kier molecular flexibility index (Phi) is 11.0. The zero-order valence-corrected chi connectivity index (χ0v) is 20.4. The molecule has 10 heteroatoms. The quantitative estimate of drug-likeness (QED) is 0.230. The number of allylic oxidation sites excluding steroid dienone is 1. The maximum atomic E-state index is 12.7. The summed E-state index contributed by atoms with van der Waals surface area (Å²) in [5, 5.41) is 18.5. The van der Waals surface area contributed by atoms with E-state index in [0.717, 1.165) is 5.56 Å². The van der Waals surface area contributed by atoms with Gasteiger partial charge >= 0.3 is 0 Å². The molecule has 3 rings (SSSR count). The van der Waals surface area contributed by atoms with E-state index in [1.54, 1.807) is 23.5 Å². The van der Waals surface area contributed by atoms with Crippen molar-refractivity contribution in [2.75, 3.05) is 44.0 Å². The maximum absolute atomic E-state index is 12.7. The molecule has 1 aromatic heterocycles. The second-order valence-electron chi connectivity index (χ2n) is 8.03. The van der Waals surface area contributed by atoms with Crippen molar-refractivity contribution in [3.8, 4) is 0 Å². The lowest BCUT2D eigenvalue weighted by atomic mass is 9.95. The van der Waals surface area contributed by atoms with E-state index in [2.05, 4.69) is 16.0 Å². The van der Waals surface area contributed by atoms with Crippen LogP contribution >= 0.6 is 11.3 Å². The Morgan fingerprint density at radius 1 is 1.17 bits per heavy atom. The topological polar surface area (TPSA) is 132 Å². The number of unbranched alkanes of at least 4 members (excludes halogenated alkanes) is 1. The Bertz CT molecular complexity index is 966. The van der Waals surface area contributed by atoms with Crippen LogP contribution in [0.2, 0.25) is 0 Å². The van der Waals surface area contributed by atoms with Crippen LogP contribution in [-0.4, -0.2) is 56.2 Å². The number of anilines is 2. The Morgan fingerprint density at radius 2 is 2.03 bits per heavy atom. The number of nitrogen functional groups attached to an aromatic ring is 1. The van der Waals surface area contributed by atoms with E-state index in [0.29, 0.717) is 56.8 Å². The number of nitrogens with one attached hydrogen (secondary N) is 2. The number of rotatable bonds is 14. The van der Waals surface area contributed by atoms with Crippen molar-refractivity contribution in [3.63, 3.8) is 0 Å². The Labute approximate surface area is 209 Å². The predicted molar refractivity (Wildman–Crippen MR) is 135 cm³/mol. The van der Waals surface area contributed by atoms with Crippen LogP contribution in [0, 0.1) is 0 Å². The number of carbonyl (C=O) groups is 2. The zero-order chi connectivity index (χ0) is 24.9. The number of aliphatic hydroxyl groups is 1. The van der Waals surface area contributed by atoms with Crippen LogP contribution in [-0.2, 0) is 23.8 Å². The van der Waals surface area contributed by atoms with Gasteiger partial charge in [-0.2, -0.15) is 11.3 Å². The third kappa shape index (κ3) is 8.99. The summed E-state index contributed by atoms with van der Waals surface area (Å²) in [6.45, 7) is 1.26. The number of aliphatic hydroxyl groups excluding tert-OH is 1. The molecule has 0 spiro atoms. The molecule has 2 aromatic rings. The summed E-state index contributed by atoms with van der Waals surface area (Å²) in [6.07, 6.45) is 3.45. The zero-order valence-electron chi connectivity index (χ0n) is 19.6. The highest BCUT2D eigenvalue weighted by molar-refractivity contribution is 7.08. The number of thiophene rings is 1. The number of carbonyl (C=O) groups excluding carboxylic acids is 2. The van der Waals surface area contributed by atoms with Crippen LogP contribution in [0.25, 0.3) is 0 Å². The van der Waals surface area contributed by atoms with E-state index < -0.39 is 6.29 Å². The number of nitrogens with two attached hydrogens (primary N) is 1. The lowest BCUT2D eigenvalue weighted by Crippen LogP contribution is -2.33. The summed E-state index contributed by atoms with van der Waals surface area (Å²) in [5.41, 5.74) is 8.08. The van der Waals surface area contributed by atoms with Gasteiger partial charge in [-0.15, -0.1) is 0 Å². The van der Waals surface area contributed by atoms with Crippen LogP contribution in [0.5, 0.6) is 0 Å². The standard InChI is InChI=1S/C25H33N3O6S/c26-20-5-1-2-6-21(20)28-23(30)7-3-4-9-27-25(31)22-15-19(18-8-14-35-17-18)16-24(34-22)33-13-12-32-11-10-29/h1-2,5-6,8,14-15,17,19,24,29H,3-4,7,9-13,16,26H2,(H,27,31)(H,28,30)/t19-,24+/m1/s1. The first-order valence-electron chi connectivity index (χ1n) is 11.7. The fourth-order valence-corrected chi connectivity index (χ4v) is 4.29. The molecule has 1 aliphatic rings. The predicted octanol–water partition coefficient (Wildman–Crippen LogP) is 2.99. The van der Waals surface area contributed by atoms with Gasteiger partial charge in [0.2, 0.25) is 12.2 Å². The largest absolute Gasteiger partial charge is 0.459 e. The van der Waals surface area contributed by atoms with Crippen molar-refractivity contribution in [2.24, 2.45) is 0 Å². The van der Waals surface area contributed by atoms with Gasteiger partial charge in [-0.05, 0) is 53.4 Å². The lowest BCUT2D eigenvalue weighted by molar-refractivity contribution is -0.151. The monoisotopic (exact) mass is 503 g/mol. The number of amides is 2. The number of ether oxygens (including phenoxy) is 3. The Balaban J connectivity index is 1.43. The smallest absolute Gasteiger partial charge is 0.286 e. The van der Waals surface area contributed by atoms with Gasteiger partial charge in [-0.1, -0.05) is 12.1 Å². The van der Waals surface area contributed by atoms with Crippen LogP contribution in [0.3, 0.4) is 0 Å². The van der Waals surface area contributed by atoms with Gasteiger partial charge in [0.15, 0.2) is 5.76 Å². The highest BCUT2D eigenvalue weighted by Gasteiger charge is 2.28. The Hall–Kier alpha value is -2.92. The van der Waals surface area contributed by atoms with Crippen LogP contribution < -0.4 is 16.4 Å². The average Bonchev–Trinajstić information content (AvgIpc) is 3.40. The molecule has 9 nitrogen and oxygen atoms in total. The number of hydrogen-bond acceptors (Lipinski definition) is 8. The molecule has 0 unspecified atom stereocenters.